The van der Waals surface area contributed by atoms with Crippen LogP contribution in [0.4, 0.5) is 13.6 Å². The molecular formula is C29H32F2N4O3. The van der Waals surface area contributed by atoms with E-state index < -0.39 is 34.3 Å². The zero-order valence-corrected chi connectivity index (χ0v) is 21.9. The maximum absolute atomic E-state index is 14.4. The molecule has 6 rings (SSSR count). The van der Waals surface area contributed by atoms with Gasteiger partial charge in [0.15, 0.2) is 0 Å². The van der Waals surface area contributed by atoms with Gasteiger partial charge in [-0.2, -0.15) is 0 Å². The van der Waals surface area contributed by atoms with Gasteiger partial charge in [0.05, 0.1) is 5.54 Å². The van der Waals surface area contributed by atoms with Crippen LogP contribution in [0.5, 0.6) is 0 Å². The fraction of sp³-hybridized carbons (Fsp3) is 0.483. The van der Waals surface area contributed by atoms with Crippen molar-refractivity contribution < 1.29 is 23.2 Å². The number of hydrogen-bond donors (Lipinski definition) is 1. The number of fused-ring (bicyclic) bond motifs is 1. The maximum Gasteiger partial charge on any atom is 0.324 e. The lowest BCUT2D eigenvalue weighted by molar-refractivity contribution is -0.164. The first-order chi connectivity index (χ1) is 18.0. The van der Waals surface area contributed by atoms with E-state index in [1.807, 2.05) is 32.2 Å². The highest BCUT2D eigenvalue weighted by Gasteiger charge is 2.57. The van der Waals surface area contributed by atoms with Gasteiger partial charge < -0.3 is 9.80 Å². The maximum atomic E-state index is 14.4. The summed E-state index contributed by atoms with van der Waals surface area (Å²) in [5.41, 5.74) is 0.766. The van der Waals surface area contributed by atoms with E-state index in [9.17, 15) is 23.2 Å². The summed E-state index contributed by atoms with van der Waals surface area (Å²) in [6.07, 6.45) is 4.28. The number of halogens is 2. The molecule has 2 aliphatic carbocycles. The number of nitrogens with zero attached hydrogens (tertiary/aromatic N) is 3. The van der Waals surface area contributed by atoms with Crippen molar-refractivity contribution in [2.75, 3.05) is 20.6 Å². The molecule has 0 aromatic heterocycles. The first kappa shape index (κ1) is 25.0. The van der Waals surface area contributed by atoms with Crippen LogP contribution in [0.3, 0.4) is 0 Å². The molecule has 0 bridgehead atoms. The Labute approximate surface area is 220 Å². The molecule has 200 valence electrons. The molecule has 4 aliphatic rings. The van der Waals surface area contributed by atoms with Crippen molar-refractivity contribution >= 4 is 17.8 Å². The summed E-state index contributed by atoms with van der Waals surface area (Å²) in [6.45, 7) is 2.59. The number of urea groups is 1. The minimum Gasteiger partial charge on any atom is -0.326 e. The van der Waals surface area contributed by atoms with Gasteiger partial charge in [-0.1, -0.05) is 31.0 Å². The molecule has 0 radical (unpaired) electrons. The Morgan fingerprint density at radius 1 is 0.895 bits per heavy atom. The highest BCUT2D eigenvalue weighted by molar-refractivity contribution is 6.07. The quantitative estimate of drug-likeness (QED) is 0.627. The molecule has 4 amide bonds. The number of rotatable bonds is 3. The largest absolute Gasteiger partial charge is 0.326 e. The lowest BCUT2D eigenvalue weighted by atomic mass is 9.79. The van der Waals surface area contributed by atoms with E-state index >= 15 is 0 Å². The molecule has 7 nitrogen and oxygen atoms in total. The third-order valence-electron chi connectivity index (χ3n) is 9.60. The summed E-state index contributed by atoms with van der Waals surface area (Å²) in [6, 6.07) is 9.02. The molecule has 1 N–H and O–H groups in total. The van der Waals surface area contributed by atoms with E-state index in [1.165, 1.54) is 17.0 Å². The Bertz CT molecular complexity index is 1350. The number of carbonyl (C=O) groups excluding carboxylic acids is 3. The lowest BCUT2D eigenvalue weighted by Crippen LogP contribution is -2.70. The van der Waals surface area contributed by atoms with E-state index in [0.29, 0.717) is 24.9 Å². The van der Waals surface area contributed by atoms with Crippen LogP contribution in [0.25, 0.3) is 0 Å². The number of likely N-dealkylation sites (N-methyl/N-ethyl adjacent to an activating group) is 2. The Morgan fingerprint density at radius 2 is 1.55 bits per heavy atom. The summed E-state index contributed by atoms with van der Waals surface area (Å²) >= 11 is 0. The summed E-state index contributed by atoms with van der Waals surface area (Å²) in [7, 11) is 3.58. The van der Waals surface area contributed by atoms with E-state index in [0.717, 1.165) is 48.4 Å². The molecule has 38 heavy (non-hydrogen) atoms. The van der Waals surface area contributed by atoms with Gasteiger partial charge in [0, 0.05) is 39.0 Å². The SMILES string of the molecule is CN1C[C@@](C)(c2cc(F)cc(F)c2)N(Cc2ccc3c(c2)C[C@@]2(C3)C(=O)NC(=O)N2C)C(=O)C12CCCC2. The predicted molar refractivity (Wildman–Crippen MR) is 136 cm³/mol. The number of carbonyl (C=O) groups is 3. The van der Waals surface area contributed by atoms with Gasteiger partial charge in [-0.15, -0.1) is 0 Å². The van der Waals surface area contributed by atoms with Crippen molar-refractivity contribution in [3.63, 3.8) is 0 Å². The number of piperazine rings is 1. The minimum atomic E-state index is -0.958. The zero-order valence-electron chi connectivity index (χ0n) is 21.9. The van der Waals surface area contributed by atoms with E-state index in [4.69, 9.17) is 0 Å². The molecule has 9 heteroatoms. The van der Waals surface area contributed by atoms with Gasteiger partial charge in [0.25, 0.3) is 5.91 Å². The van der Waals surface area contributed by atoms with Crippen molar-refractivity contribution in [1.82, 2.24) is 20.0 Å². The Hall–Kier alpha value is -3.33. The van der Waals surface area contributed by atoms with E-state index in [2.05, 4.69) is 10.2 Å². The second-order valence-electron chi connectivity index (χ2n) is 11.7. The van der Waals surface area contributed by atoms with Crippen LogP contribution in [0.15, 0.2) is 36.4 Å². The highest BCUT2D eigenvalue weighted by atomic mass is 19.1. The van der Waals surface area contributed by atoms with Crippen LogP contribution in [-0.4, -0.2) is 64.3 Å². The van der Waals surface area contributed by atoms with Crippen LogP contribution < -0.4 is 5.32 Å². The van der Waals surface area contributed by atoms with Crippen molar-refractivity contribution in [1.29, 1.82) is 0 Å². The molecule has 2 aromatic carbocycles. The topological polar surface area (TPSA) is 73.0 Å². The Morgan fingerprint density at radius 3 is 2.18 bits per heavy atom. The van der Waals surface area contributed by atoms with Crippen LogP contribution in [0, 0.1) is 11.6 Å². The molecular weight excluding hydrogens is 490 g/mol. The third-order valence-corrected chi connectivity index (χ3v) is 9.60. The third kappa shape index (κ3) is 3.43. The monoisotopic (exact) mass is 522 g/mol. The molecule has 2 heterocycles. The summed E-state index contributed by atoms with van der Waals surface area (Å²) < 4.78 is 28.7. The summed E-state index contributed by atoms with van der Waals surface area (Å²) in [5, 5.41) is 2.42. The van der Waals surface area contributed by atoms with Crippen LogP contribution >= 0.6 is 0 Å². The van der Waals surface area contributed by atoms with Gasteiger partial charge in [-0.05, 0) is 61.2 Å². The average molecular weight is 523 g/mol. The standard InChI is InChI=1S/C29H32F2N4O3/c1-27(21-11-22(30)13-23(31)12-21)17-33(2)28(8-4-5-9-28)25(37)35(27)16-18-6-7-19-14-29(15-20(19)10-18)24(36)32-26(38)34(29)3/h6-7,10-13H,4-5,8-9,14-17H2,1-3H3,(H,32,36,38)/t27-,29-/m0/s1. The predicted octanol–water partition coefficient (Wildman–Crippen LogP) is 3.49. The van der Waals surface area contributed by atoms with Gasteiger partial charge in [0.1, 0.15) is 22.7 Å². The van der Waals surface area contributed by atoms with Crippen molar-refractivity contribution in [3.8, 4) is 0 Å². The number of nitrogens with one attached hydrogen (secondary N) is 1. The first-order valence-electron chi connectivity index (χ1n) is 13.2. The molecule has 3 fully saturated rings. The minimum absolute atomic E-state index is 0.0200. The average Bonchev–Trinajstić information content (AvgIpc) is 3.55. The van der Waals surface area contributed by atoms with Crippen LogP contribution in [0.2, 0.25) is 0 Å². The van der Waals surface area contributed by atoms with Crippen LogP contribution in [-0.2, 0) is 34.5 Å². The fourth-order valence-corrected chi connectivity index (χ4v) is 7.28. The second-order valence-corrected chi connectivity index (χ2v) is 11.7. The number of amides is 4. The van der Waals surface area contributed by atoms with Crippen molar-refractivity contribution in [3.05, 3.63) is 70.3 Å². The second kappa shape index (κ2) is 8.33. The van der Waals surface area contributed by atoms with Gasteiger partial charge >= 0.3 is 6.03 Å². The molecule has 2 aromatic rings. The molecule has 1 saturated carbocycles. The van der Waals surface area contributed by atoms with Crippen molar-refractivity contribution in [2.24, 2.45) is 0 Å². The molecule has 2 atom stereocenters. The van der Waals surface area contributed by atoms with Gasteiger partial charge in [0.2, 0.25) is 5.91 Å². The summed E-state index contributed by atoms with van der Waals surface area (Å²) in [4.78, 5) is 44.5. The Balaban J connectivity index is 1.38. The zero-order chi connectivity index (χ0) is 27.0. The first-order valence-corrected chi connectivity index (χ1v) is 13.2. The summed E-state index contributed by atoms with van der Waals surface area (Å²) in [5.74, 6) is -1.66. The van der Waals surface area contributed by atoms with Gasteiger partial charge in [-0.3, -0.25) is 19.8 Å². The molecule has 2 aliphatic heterocycles. The van der Waals surface area contributed by atoms with Gasteiger partial charge in [-0.25, -0.2) is 13.6 Å². The highest BCUT2D eigenvalue weighted by Crippen LogP contribution is 2.46. The molecule has 2 saturated heterocycles. The number of benzene rings is 2. The normalized spacial score (nSPS) is 28.6. The van der Waals surface area contributed by atoms with Crippen molar-refractivity contribution in [2.45, 2.75) is 68.6 Å². The fourth-order valence-electron chi connectivity index (χ4n) is 7.28. The number of hydrogen-bond acceptors (Lipinski definition) is 4. The number of imide groups is 1. The van der Waals surface area contributed by atoms with E-state index in [1.54, 1.807) is 11.9 Å². The molecule has 0 unspecified atom stereocenters. The smallest absolute Gasteiger partial charge is 0.324 e. The van der Waals surface area contributed by atoms with E-state index in [-0.39, 0.29) is 18.4 Å². The van der Waals surface area contributed by atoms with Crippen LogP contribution in [0.1, 0.15) is 54.9 Å². The molecule has 2 spiro atoms. The Kier molecular flexibility index (Phi) is 5.48. The lowest BCUT2D eigenvalue weighted by Gasteiger charge is -2.56.